The highest BCUT2D eigenvalue weighted by Crippen LogP contribution is 2.43. The Morgan fingerprint density at radius 1 is 1.06 bits per heavy atom. The first-order valence-corrected chi connectivity index (χ1v) is 11.9. The number of ether oxygens (including phenoxy) is 2. The predicted molar refractivity (Wildman–Crippen MR) is 117 cm³/mol. The maximum atomic E-state index is 12.7. The average Bonchev–Trinajstić information content (AvgIpc) is 2.64. The number of hydrogen-bond acceptors (Lipinski definition) is 9. The third kappa shape index (κ3) is 13.8. The SMILES string of the molecule is CC(C)C(=O)OCC(COP(=O)(O)OCCNC(=O)CN)OC(=O)C(C)(C)CC(C)(C)C. The summed E-state index contributed by atoms with van der Waals surface area (Å²) in [5, 5.41) is 2.37. The van der Waals surface area contributed by atoms with E-state index in [1.54, 1.807) is 27.7 Å². The van der Waals surface area contributed by atoms with E-state index < -0.39 is 49.7 Å². The highest BCUT2D eigenvalue weighted by Gasteiger charge is 2.36. The third-order valence-corrected chi connectivity index (χ3v) is 4.95. The van der Waals surface area contributed by atoms with Crippen molar-refractivity contribution >= 4 is 25.7 Å². The van der Waals surface area contributed by atoms with Gasteiger partial charge in [-0.05, 0) is 25.7 Å². The molecule has 0 aliphatic rings. The van der Waals surface area contributed by atoms with Crippen LogP contribution in [0.2, 0.25) is 0 Å². The fourth-order valence-corrected chi connectivity index (χ4v) is 3.56. The first-order valence-electron chi connectivity index (χ1n) is 10.5. The summed E-state index contributed by atoms with van der Waals surface area (Å²) in [4.78, 5) is 45.4. The fourth-order valence-electron chi connectivity index (χ4n) is 2.81. The van der Waals surface area contributed by atoms with Crippen LogP contribution in [0.5, 0.6) is 0 Å². The van der Waals surface area contributed by atoms with Gasteiger partial charge in [-0.15, -0.1) is 0 Å². The molecule has 0 spiro atoms. The number of phosphoric acid groups is 1. The van der Waals surface area contributed by atoms with Gasteiger partial charge < -0.3 is 25.4 Å². The number of nitrogens with one attached hydrogen (secondary N) is 1. The number of phosphoric ester groups is 1. The van der Waals surface area contributed by atoms with Crippen LogP contribution in [0.15, 0.2) is 0 Å². The molecule has 188 valence electrons. The smallest absolute Gasteiger partial charge is 0.461 e. The highest BCUT2D eigenvalue weighted by atomic mass is 31.2. The summed E-state index contributed by atoms with van der Waals surface area (Å²) in [6.45, 7) is 11.3. The number of hydrogen-bond donors (Lipinski definition) is 3. The molecule has 0 heterocycles. The molecule has 0 rings (SSSR count). The summed E-state index contributed by atoms with van der Waals surface area (Å²) in [6, 6.07) is 0. The van der Waals surface area contributed by atoms with Crippen molar-refractivity contribution in [2.24, 2.45) is 22.5 Å². The van der Waals surface area contributed by atoms with Gasteiger partial charge in [0.15, 0.2) is 6.10 Å². The summed E-state index contributed by atoms with van der Waals surface area (Å²) in [5.74, 6) is -1.92. The number of esters is 2. The number of carbonyl (C=O) groups is 3. The van der Waals surface area contributed by atoms with E-state index >= 15 is 0 Å². The van der Waals surface area contributed by atoms with Crippen molar-refractivity contribution in [3.63, 3.8) is 0 Å². The molecule has 0 aromatic heterocycles. The monoisotopic (exact) mass is 482 g/mol. The lowest BCUT2D eigenvalue weighted by molar-refractivity contribution is -0.171. The van der Waals surface area contributed by atoms with E-state index in [0.717, 1.165) is 0 Å². The molecule has 0 aliphatic heterocycles. The minimum Gasteiger partial charge on any atom is -0.461 e. The Morgan fingerprint density at radius 2 is 1.66 bits per heavy atom. The van der Waals surface area contributed by atoms with Gasteiger partial charge in [-0.2, -0.15) is 0 Å². The predicted octanol–water partition coefficient (Wildman–Crippen LogP) is 1.77. The van der Waals surface area contributed by atoms with Crippen LogP contribution in [-0.4, -0.2) is 61.8 Å². The second-order valence-corrected chi connectivity index (χ2v) is 11.0. The first-order chi connectivity index (χ1) is 14.5. The van der Waals surface area contributed by atoms with Crippen LogP contribution in [0.3, 0.4) is 0 Å². The zero-order chi connectivity index (χ0) is 25.2. The van der Waals surface area contributed by atoms with Crippen molar-refractivity contribution in [2.75, 3.05) is 32.9 Å². The van der Waals surface area contributed by atoms with E-state index in [2.05, 4.69) is 5.32 Å². The summed E-state index contributed by atoms with van der Waals surface area (Å²) >= 11 is 0. The molecular weight excluding hydrogens is 443 g/mol. The molecule has 2 atom stereocenters. The molecule has 2 unspecified atom stereocenters. The van der Waals surface area contributed by atoms with Crippen molar-refractivity contribution in [1.82, 2.24) is 5.32 Å². The minimum absolute atomic E-state index is 0.0463. The van der Waals surface area contributed by atoms with Crippen molar-refractivity contribution < 1.29 is 42.4 Å². The van der Waals surface area contributed by atoms with Crippen LogP contribution in [-0.2, 0) is 37.5 Å². The van der Waals surface area contributed by atoms with Gasteiger partial charge in [0, 0.05) is 6.54 Å². The zero-order valence-electron chi connectivity index (χ0n) is 20.1. The Bertz CT molecular complexity index is 674. The van der Waals surface area contributed by atoms with Gasteiger partial charge in [0.05, 0.1) is 31.1 Å². The number of nitrogens with two attached hydrogens (primary N) is 1. The Balaban J connectivity index is 5.02. The quantitative estimate of drug-likeness (QED) is 0.189. The molecule has 0 aromatic carbocycles. The van der Waals surface area contributed by atoms with Gasteiger partial charge >= 0.3 is 19.8 Å². The number of rotatable bonds is 14. The minimum atomic E-state index is -4.51. The fraction of sp³-hybridized carbons (Fsp3) is 0.850. The Labute approximate surface area is 190 Å². The third-order valence-electron chi connectivity index (χ3n) is 3.97. The molecule has 0 radical (unpaired) electrons. The van der Waals surface area contributed by atoms with Crippen molar-refractivity contribution in [3.8, 4) is 0 Å². The molecular formula is C20H39N2O9P. The van der Waals surface area contributed by atoms with Crippen LogP contribution in [0.1, 0.15) is 54.9 Å². The molecule has 11 nitrogen and oxygen atoms in total. The summed E-state index contributed by atoms with van der Waals surface area (Å²) in [5.41, 5.74) is 4.14. The second kappa shape index (κ2) is 13.3. The lowest BCUT2D eigenvalue weighted by Gasteiger charge is -2.32. The molecule has 1 amide bonds. The Kier molecular flexibility index (Phi) is 12.6. The molecule has 0 bridgehead atoms. The number of carbonyl (C=O) groups excluding carboxylic acids is 3. The van der Waals surface area contributed by atoms with Crippen LogP contribution in [0.4, 0.5) is 0 Å². The lowest BCUT2D eigenvalue weighted by Crippen LogP contribution is -2.37. The van der Waals surface area contributed by atoms with Crippen LogP contribution in [0.25, 0.3) is 0 Å². The standard InChI is InChI=1S/C20H39N2O9P/c1-14(2)17(24)28-11-15(31-18(25)20(6,7)13-19(3,4)5)12-30-32(26,27)29-9-8-22-16(23)10-21/h14-15H,8-13,21H2,1-7H3,(H,22,23)(H,26,27). The van der Waals surface area contributed by atoms with Crippen molar-refractivity contribution in [3.05, 3.63) is 0 Å². The van der Waals surface area contributed by atoms with Crippen LogP contribution >= 0.6 is 7.82 Å². The summed E-state index contributed by atoms with van der Waals surface area (Å²) in [7, 11) is -4.51. The van der Waals surface area contributed by atoms with Gasteiger partial charge in [-0.3, -0.25) is 23.4 Å². The topological polar surface area (TPSA) is 163 Å². The highest BCUT2D eigenvalue weighted by molar-refractivity contribution is 7.47. The van der Waals surface area contributed by atoms with Gasteiger partial charge in [-0.1, -0.05) is 34.6 Å². The maximum absolute atomic E-state index is 12.7. The Hall–Kier alpha value is -1.52. The largest absolute Gasteiger partial charge is 0.472 e. The van der Waals surface area contributed by atoms with E-state index in [4.69, 9.17) is 24.3 Å². The molecule has 4 N–H and O–H groups in total. The molecule has 0 fully saturated rings. The molecule has 32 heavy (non-hydrogen) atoms. The van der Waals surface area contributed by atoms with Gasteiger partial charge in [0.2, 0.25) is 5.91 Å². The van der Waals surface area contributed by atoms with Gasteiger partial charge in [0.25, 0.3) is 0 Å². The van der Waals surface area contributed by atoms with E-state index in [0.29, 0.717) is 6.42 Å². The zero-order valence-corrected chi connectivity index (χ0v) is 21.0. The Morgan fingerprint density at radius 3 is 2.16 bits per heavy atom. The van der Waals surface area contributed by atoms with E-state index in [1.807, 2.05) is 20.8 Å². The van der Waals surface area contributed by atoms with Crippen LogP contribution < -0.4 is 11.1 Å². The lowest BCUT2D eigenvalue weighted by atomic mass is 9.76. The van der Waals surface area contributed by atoms with E-state index in [1.165, 1.54) is 0 Å². The first kappa shape index (κ1) is 30.5. The van der Waals surface area contributed by atoms with Crippen molar-refractivity contribution in [2.45, 2.75) is 61.0 Å². The van der Waals surface area contributed by atoms with Gasteiger partial charge in [-0.25, -0.2) is 4.57 Å². The molecule has 12 heteroatoms. The van der Waals surface area contributed by atoms with Crippen LogP contribution in [0, 0.1) is 16.7 Å². The average molecular weight is 483 g/mol. The summed E-state index contributed by atoms with van der Waals surface area (Å²) < 4.78 is 32.3. The van der Waals surface area contributed by atoms with E-state index in [9.17, 15) is 23.8 Å². The molecule has 0 aliphatic carbocycles. The summed E-state index contributed by atoms with van der Waals surface area (Å²) in [6.07, 6.45) is -0.598. The van der Waals surface area contributed by atoms with Crippen molar-refractivity contribution in [1.29, 1.82) is 0 Å². The number of amides is 1. The molecule has 0 aromatic rings. The van der Waals surface area contributed by atoms with E-state index in [-0.39, 0.29) is 31.7 Å². The molecule has 0 saturated heterocycles. The normalized spacial score (nSPS) is 15.1. The maximum Gasteiger partial charge on any atom is 0.472 e. The molecule has 0 saturated carbocycles. The second-order valence-electron chi connectivity index (χ2n) is 9.59. The van der Waals surface area contributed by atoms with Gasteiger partial charge in [0.1, 0.15) is 6.61 Å².